The molecule has 212 valence electrons. The molecule has 2 N–H and O–H groups in total. The molecule has 0 aliphatic rings. The number of rotatable bonds is 9. The molecule has 1 amide bonds. The van der Waals surface area contributed by atoms with Crippen LogP contribution in [0.4, 0.5) is 0 Å². The monoisotopic (exact) mass is 637 g/mol. The highest BCUT2D eigenvalue weighted by molar-refractivity contribution is 6.42. The van der Waals surface area contributed by atoms with E-state index in [0.717, 1.165) is 33.5 Å². The van der Waals surface area contributed by atoms with Gasteiger partial charge in [-0.1, -0.05) is 88.9 Å². The maximum absolute atomic E-state index is 12.4. The molecular formula is C32H23Cl4N3O3. The zero-order chi connectivity index (χ0) is 29.8. The van der Waals surface area contributed by atoms with E-state index in [1.54, 1.807) is 24.3 Å². The first-order valence-corrected chi connectivity index (χ1v) is 14.4. The van der Waals surface area contributed by atoms with Gasteiger partial charge in [0.15, 0.2) is 0 Å². The van der Waals surface area contributed by atoms with Gasteiger partial charge in [-0.15, -0.1) is 0 Å². The zero-order valence-electron chi connectivity index (χ0n) is 22.0. The summed E-state index contributed by atoms with van der Waals surface area (Å²) in [6.45, 7) is 0.492. The van der Waals surface area contributed by atoms with Crippen molar-refractivity contribution in [3.05, 3.63) is 122 Å². The van der Waals surface area contributed by atoms with E-state index in [1.807, 2.05) is 71.4 Å². The first kappa shape index (κ1) is 29.7. The van der Waals surface area contributed by atoms with Crippen LogP contribution in [0.15, 0.2) is 91.0 Å². The standard InChI is InChI=1S/C32H23Cl4N3O3/c33-25-13-24(14-26(34)16-25)29-17-30(21-7-5-20(6-8-21)23-9-10-27(35)28(36)15-23)39(38-29)18-19-1-3-22(4-2-19)32(42)37-12-11-31(40)41/h1-10,13-17H,11-12,18H2,(H,37,42)(H,40,41). The number of halogens is 4. The molecule has 0 spiro atoms. The van der Waals surface area contributed by atoms with E-state index >= 15 is 0 Å². The number of nitrogens with zero attached hydrogens (tertiary/aromatic N) is 2. The van der Waals surface area contributed by atoms with Crippen LogP contribution in [-0.2, 0) is 11.3 Å². The lowest BCUT2D eigenvalue weighted by atomic mass is 10.0. The van der Waals surface area contributed by atoms with Crippen molar-refractivity contribution >= 4 is 58.3 Å². The zero-order valence-corrected chi connectivity index (χ0v) is 25.0. The third-order valence-corrected chi connectivity index (χ3v) is 7.72. The van der Waals surface area contributed by atoms with Crippen molar-refractivity contribution in [2.45, 2.75) is 13.0 Å². The highest BCUT2D eigenvalue weighted by Gasteiger charge is 2.15. The molecule has 5 aromatic rings. The van der Waals surface area contributed by atoms with E-state index in [0.29, 0.717) is 37.9 Å². The van der Waals surface area contributed by atoms with Gasteiger partial charge in [0, 0.05) is 27.7 Å². The van der Waals surface area contributed by atoms with Crippen LogP contribution in [0, 0.1) is 0 Å². The second-order valence-corrected chi connectivity index (χ2v) is 11.2. The van der Waals surface area contributed by atoms with Crippen LogP contribution in [0.25, 0.3) is 33.6 Å². The van der Waals surface area contributed by atoms with Crippen molar-refractivity contribution in [1.29, 1.82) is 0 Å². The highest BCUT2D eigenvalue weighted by atomic mass is 35.5. The summed E-state index contributed by atoms with van der Waals surface area (Å²) in [5.74, 6) is -1.30. The van der Waals surface area contributed by atoms with Gasteiger partial charge in [0.05, 0.1) is 34.4 Å². The fourth-order valence-electron chi connectivity index (χ4n) is 4.44. The molecule has 0 aliphatic heterocycles. The molecule has 10 heteroatoms. The third-order valence-electron chi connectivity index (χ3n) is 6.54. The minimum Gasteiger partial charge on any atom is -0.481 e. The molecule has 0 fully saturated rings. The number of carbonyl (C=O) groups excluding carboxylic acids is 1. The van der Waals surface area contributed by atoms with Crippen LogP contribution in [0.3, 0.4) is 0 Å². The average molecular weight is 639 g/mol. The van der Waals surface area contributed by atoms with Crippen LogP contribution in [0.5, 0.6) is 0 Å². The molecule has 5 rings (SSSR count). The minimum atomic E-state index is -0.968. The Morgan fingerprint density at radius 1 is 0.714 bits per heavy atom. The lowest BCUT2D eigenvalue weighted by Gasteiger charge is -2.10. The Labute approximate surface area is 262 Å². The molecule has 0 saturated heterocycles. The van der Waals surface area contributed by atoms with Crippen LogP contribution in [0.1, 0.15) is 22.3 Å². The fourth-order valence-corrected chi connectivity index (χ4v) is 5.27. The third kappa shape index (κ3) is 7.15. The van der Waals surface area contributed by atoms with Gasteiger partial charge in [0.25, 0.3) is 5.91 Å². The maximum atomic E-state index is 12.4. The predicted molar refractivity (Wildman–Crippen MR) is 169 cm³/mol. The molecule has 0 saturated carbocycles. The van der Waals surface area contributed by atoms with Crippen LogP contribution in [0.2, 0.25) is 20.1 Å². The Kier molecular flexibility index (Phi) is 9.19. The molecule has 1 aromatic heterocycles. The highest BCUT2D eigenvalue weighted by Crippen LogP contribution is 2.33. The molecule has 42 heavy (non-hydrogen) atoms. The van der Waals surface area contributed by atoms with E-state index in [9.17, 15) is 9.59 Å². The molecular weight excluding hydrogens is 616 g/mol. The average Bonchev–Trinajstić information content (AvgIpc) is 3.38. The first-order chi connectivity index (χ1) is 20.2. The summed E-state index contributed by atoms with van der Waals surface area (Å²) in [6, 6.07) is 28.0. The smallest absolute Gasteiger partial charge is 0.305 e. The van der Waals surface area contributed by atoms with Crippen molar-refractivity contribution in [2.24, 2.45) is 0 Å². The molecule has 1 heterocycles. The topological polar surface area (TPSA) is 84.2 Å². The molecule has 0 aliphatic carbocycles. The second kappa shape index (κ2) is 13.0. The molecule has 4 aromatic carbocycles. The molecule has 0 bridgehead atoms. The van der Waals surface area contributed by atoms with Gasteiger partial charge in [-0.2, -0.15) is 5.10 Å². The fraction of sp³-hybridized carbons (Fsp3) is 0.0938. The van der Waals surface area contributed by atoms with Crippen molar-refractivity contribution in [3.8, 4) is 33.6 Å². The van der Waals surface area contributed by atoms with Gasteiger partial charge in [0.2, 0.25) is 0 Å². The van der Waals surface area contributed by atoms with E-state index in [1.165, 1.54) is 0 Å². The quantitative estimate of drug-likeness (QED) is 0.169. The van der Waals surface area contributed by atoms with Crippen LogP contribution >= 0.6 is 46.4 Å². The number of aromatic nitrogens is 2. The van der Waals surface area contributed by atoms with E-state index in [4.69, 9.17) is 56.6 Å². The summed E-state index contributed by atoms with van der Waals surface area (Å²) in [5.41, 5.74) is 6.61. The number of benzene rings is 4. The van der Waals surface area contributed by atoms with Crippen LogP contribution < -0.4 is 5.32 Å². The predicted octanol–water partition coefficient (Wildman–Crippen LogP) is 8.75. The number of amides is 1. The van der Waals surface area contributed by atoms with Gasteiger partial charge >= 0.3 is 5.97 Å². The molecule has 0 unspecified atom stereocenters. The lowest BCUT2D eigenvalue weighted by Crippen LogP contribution is -2.25. The Morgan fingerprint density at radius 2 is 1.36 bits per heavy atom. The molecule has 0 atom stereocenters. The first-order valence-electron chi connectivity index (χ1n) is 12.9. The summed E-state index contributed by atoms with van der Waals surface area (Å²) in [6.07, 6.45) is -0.138. The minimum absolute atomic E-state index is 0.0622. The Bertz CT molecular complexity index is 1750. The van der Waals surface area contributed by atoms with Gasteiger partial charge < -0.3 is 10.4 Å². The van der Waals surface area contributed by atoms with Gasteiger partial charge in [-0.05, 0) is 70.8 Å². The Hall–Kier alpha value is -3.81. The second-order valence-electron chi connectivity index (χ2n) is 9.53. The number of carboxylic acids is 1. The number of aliphatic carboxylic acids is 1. The van der Waals surface area contributed by atoms with E-state index < -0.39 is 5.97 Å². The van der Waals surface area contributed by atoms with Gasteiger partial charge in [0.1, 0.15) is 0 Å². The van der Waals surface area contributed by atoms with Gasteiger partial charge in [-0.25, -0.2) is 0 Å². The maximum Gasteiger partial charge on any atom is 0.305 e. The van der Waals surface area contributed by atoms with Crippen molar-refractivity contribution < 1.29 is 14.7 Å². The van der Waals surface area contributed by atoms with Gasteiger partial charge in [-0.3, -0.25) is 14.3 Å². The van der Waals surface area contributed by atoms with E-state index in [2.05, 4.69) is 5.32 Å². The molecule has 6 nitrogen and oxygen atoms in total. The Balaban J connectivity index is 1.45. The van der Waals surface area contributed by atoms with E-state index in [-0.39, 0.29) is 18.9 Å². The molecule has 0 radical (unpaired) electrons. The SMILES string of the molecule is O=C(O)CCNC(=O)c1ccc(Cn2nc(-c3cc(Cl)cc(Cl)c3)cc2-c2ccc(-c3ccc(Cl)c(Cl)c3)cc2)cc1. The van der Waals surface area contributed by atoms with Crippen molar-refractivity contribution in [1.82, 2.24) is 15.1 Å². The number of carboxylic acid groups (broad SMARTS) is 1. The summed E-state index contributed by atoms with van der Waals surface area (Å²) in [7, 11) is 0. The number of carbonyl (C=O) groups is 2. The number of hydrogen-bond donors (Lipinski definition) is 2. The largest absolute Gasteiger partial charge is 0.481 e. The summed E-state index contributed by atoms with van der Waals surface area (Å²) in [5, 5.41) is 18.3. The number of hydrogen-bond acceptors (Lipinski definition) is 3. The van der Waals surface area contributed by atoms with Crippen molar-refractivity contribution in [3.63, 3.8) is 0 Å². The van der Waals surface area contributed by atoms with Crippen LogP contribution in [-0.4, -0.2) is 33.3 Å². The Morgan fingerprint density at radius 3 is 2.00 bits per heavy atom. The normalized spacial score (nSPS) is 11.0. The lowest BCUT2D eigenvalue weighted by molar-refractivity contribution is -0.136. The van der Waals surface area contributed by atoms with Crippen molar-refractivity contribution in [2.75, 3.05) is 6.54 Å². The summed E-state index contributed by atoms with van der Waals surface area (Å²) in [4.78, 5) is 23.1. The number of nitrogens with one attached hydrogen (secondary N) is 1. The summed E-state index contributed by atoms with van der Waals surface area (Å²) >= 11 is 24.9. The summed E-state index contributed by atoms with van der Waals surface area (Å²) < 4.78 is 1.89.